The second-order valence-electron chi connectivity index (χ2n) is 2.86. The minimum absolute atomic E-state index is 0.103. The lowest BCUT2D eigenvalue weighted by Crippen LogP contribution is -2.10. The van der Waals surface area contributed by atoms with Crippen LogP contribution in [0.5, 0.6) is 0 Å². The van der Waals surface area contributed by atoms with Gasteiger partial charge in [0.25, 0.3) is 0 Å². The van der Waals surface area contributed by atoms with Crippen LogP contribution in [-0.2, 0) is 0 Å². The lowest BCUT2D eigenvalue weighted by Gasteiger charge is -2.10. The minimum Gasteiger partial charge on any atom is -0.324 e. The van der Waals surface area contributed by atoms with E-state index in [4.69, 9.17) is 22.6 Å². The first-order chi connectivity index (χ1) is 6.19. The topological polar surface area (TPSA) is 49.8 Å². The van der Waals surface area contributed by atoms with Crippen LogP contribution in [0.1, 0.15) is 30.5 Å². The van der Waals surface area contributed by atoms with Gasteiger partial charge in [0.05, 0.1) is 11.6 Å². The van der Waals surface area contributed by atoms with Gasteiger partial charge in [0.2, 0.25) is 0 Å². The minimum atomic E-state index is -0.103. The quantitative estimate of drug-likeness (QED) is 0.787. The van der Waals surface area contributed by atoms with Crippen molar-refractivity contribution in [2.45, 2.75) is 19.4 Å². The zero-order valence-electron chi connectivity index (χ0n) is 7.42. The molecule has 0 aliphatic carbocycles. The van der Waals surface area contributed by atoms with Gasteiger partial charge in [0.1, 0.15) is 0 Å². The molecule has 0 fully saturated rings. The largest absolute Gasteiger partial charge is 0.324 e. The van der Waals surface area contributed by atoms with Crippen LogP contribution in [-0.4, -0.2) is 0 Å². The van der Waals surface area contributed by atoms with Crippen LogP contribution in [0.3, 0.4) is 0 Å². The summed E-state index contributed by atoms with van der Waals surface area (Å²) >= 11 is 5.81. The Morgan fingerprint density at radius 1 is 1.62 bits per heavy atom. The first-order valence-electron chi connectivity index (χ1n) is 4.14. The maximum Gasteiger partial charge on any atom is 0.0995 e. The molecule has 0 saturated carbocycles. The second kappa shape index (κ2) is 4.27. The molecule has 1 atom stereocenters. The van der Waals surface area contributed by atoms with E-state index in [0.29, 0.717) is 10.6 Å². The molecular weight excluding hydrogens is 184 g/mol. The van der Waals surface area contributed by atoms with Crippen molar-refractivity contribution < 1.29 is 0 Å². The number of hydrogen-bond donors (Lipinski definition) is 1. The van der Waals surface area contributed by atoms with Gasteiger partial charge in [-0.05, 0) is 30.2 Å². The number of benzene rings is 1. The zero-order chi connectivity index (χ0) is 9.84. The molecular formula is C10H11ClN2. The summed E-state index contributed by atoms with van der Waals surface area (Å²) in [5, 5.41) is 9.43. The van der Waals surface area contributed by atoms with Crippen LogP contribution in [0.15, 0.2) is 18.2 Å². The molecule has 1 unspecified atom stereocenters. The third-order valence-electron chi connectivity index (χ3n) is 1.97. The van der Waals surface area contributed by atoms with Gasteiger partial charge < -0.3 is 5.73 Å². The van der Waals surface area contributed by atoms with E-state index in [9.17, 15) is 0 Å². The summed E-state index contributed by atoms with van der Waals surface area (Å²) in [6.45, 7) is 1.98. The normalized spacial score (nSPS) is 12.2. The Bertz CT molecular complexity index is 341. The lowest BCUT2D eigenvalue weighted by atomic mass is 10.0. The van der Waals surface area contributed by atoms with Crippen LogP contribution in [0.25, 0.3) is 0 Å². The van der Waals surface area contributed by atoms with E-state index in [-0.39, 0.29) is 6.04 Å². The Morgan fingerprint density at radius 2 is 2.31 bits per heavy atom. The van der Waals surface area contributed by atoms with Crippen molar-refractivity contribution in [3.8, 4) is 6.07 Å². The fourth-order valence-corrected chi connectivity index (χ4v) is 1.34. The summed E-state index contributed by atoms with van der Waals surface area (Å²) in [7, 11) is 0. The van der Waals surface area contributed by atoms with Crippen LogP contribution >= 0.6 is 11.6 Å². The predicted molar refractivity (Wildman–Crippen MR) is 53.4 cm³/mol. The standard InChI is InChI=1S/C10H11ClN2/c1-2-10(13)9-5-8(11)4-3-7(9)6-12/h3-5,10H,2,13H2,1H3. The summed E-state index contributed by atoms with van der Waals surface area (Å²) in [5.41, 5.74) is 7.27. The van der Waals surface area contributed by atoms with Gasteiger partial charge in [-0.25, -0.2) is 0 Å². The number of rotatable bonds is 2. The summed E-state index contributed by atoms with van der Waals surface area (Å²) in [5.74, 6) is 0. The summed E-state index contributed by atoms with van der Waals surface area (Å²) in [4.78, 5) is 0. The Balaban J connectivity index is 3.17. The Morgan fingerprint density at radius 3 is 2.85 bits per heavy atom. The monoisotopic (exact) mass is 194 g/mol. The molecule has 1 aromatic carbocycles. The molecule has 0 radical (unpaired) electrons. The average Bonchev–Trinajstić information content (AvgIpc) is 2.16. The highest BCUT2D eigenvalue weighted by Gasteiger charge is 2.09. The molecule has 0 amide bonds. The number of nitrogens with two attached hydrogens (primary N) is 1. The third-order valence-corrected chi connectivity index (χ3v) is 2.21. The second-order valence-corrected chi connectivity index (χ2v) is 3.29. The van der Waals surface area contributed by atoms with E-state index in [1.807, 2.05) is 6.92 Å². The average molecular weight is 195 g/mol. The van der Waals surface area contributed by atoms with E-state index in [1.165, 1.54) is 0 Å². The first kappa shape index (κ1) is 10.0. The van der Waals surface area contributed by atoms with E-state index in [0.717, 1.165) is 12.0 Å². The zero-order valence-corrected chi connectivity index (χ0v) is 8.17. The molecule has 1 aromatic rings. The fourth-order valence-electron chi connectivity index (χ4n) is 1.16. The van der Waals surface area contributed by atoms with E-state index >= 15 is 0 Å². The highest BCUT2D eigenvalue weighted by molar-refractivity contribution is 6.30. The highest BCUT2D eigenvalue weighted by Crippen LogP contribution is 2.22. The molecule has 0 heterocycles. The third kappa shape index (κ3) is 2.21. The molecule has 2 N–H and O–H groups in total. The van der Waals surface area contributed by atoms with Crippen molar-refractivity contribution in [1.82, 2.24) is 0 Å². The number of nitrogens with zero attached hydrogens (tertiary/aromatic N) is 1. The number of hydrogen-bond acceptors (Lipinski definition) is 2. The molecule has 3 heteroatoms. The molecule has 0 aromatic heterocycles. The van der Waals surface area contributed by atoms with Gasteiger partial charge in [-0.1, -0.05) is 18.5 Å². The van der Waals surface area contributed by atoms with Crippen LogP contribution < -0.4 is 5.73 Å². The lowest BCUT2D eigenvalue weighted by molar-refractivity contribution is 0.697. The van der Waals surface area contributed by atoms with Crippen molar-refractivity contribution in [2.24, 2.45) is 5.73 Å². The smallest absolute Gasteiger partial charge is 0.0995 e. The van der Waals surface area contributed by atoms with Gasteiger partial charge in [-0.3, -0.25) is 0 Å². The SMILES string of the molecule is CCC(N)c1cc(Cl)ccc1C#N. The Kier molecular flexibility index (Phi) is 3.30. The molecule has 0 spiro atoms. The highest BCUT2D eigenvalue weighted by atomic mass is 35.5. The molecule has 2 nitrogen and oxygen atoms in total. The van der Waals surface area contributed by atoms with Gasteiger partial charge in [0.15, 0.2) is 0 Å². The van der Waals surface area contributed by atoms with Gasteiger partial charge in [0, 0.05) is 11.1 Å². The Hall–Kier alpha value is -1.04. The molecule has 0 aliphatic rings. The molecule has 0 bridgehead atoms. The molecule has 0 saturated heterocycles. The molecule has 13 heavy (non-hydrogen) atoms. The molecule has 1 rings (SSSR count). The van der Waals surface area contributed by atoms with Crippen molar-refractivity contribution in [2.75, 3.05) is 0 Å². The van der Waals surface area contributed by atoms with Crippen LogP contribution in [0, 0.1) is 11.3 Å². The molecule has 0 aliphatic heterocycles. The first-order valence-corrected chi connectivity index (χ1v) is 4.52. The number of nitriles is 1. The predicted octanol–water partition coefficient (Wildman–Crippen LogP) is 2.62. The maximum atomic E-state index is 8.81. The van der Waals surface area contributed by atoms with Crippen molar-refractivity contribution >= 4 is 11.6 Å². The van der Waals surface area contributed by atoms with Crippen molar-refractivity contribution in [3.63, 3.8) is 0 Å². The summed E-state index contributed by atoms with van der Waals surface area (Å²) in [6.07, 6.45) is 0.801. The Labute approximate surface area is 82.9 Å². The summed E-state index contributed by atoms with van der Waals surface area (Å²) in [6, 6.07) is 7.16. The number of halogens is 1. The van der Waals surface area contributed by atoms with Gasteiger partial charge in [-0.2, -0.15) is 5.26 Å². The van der Waals surface area contributed by atoms with Crippen LogP contribution in [0.2, 0.25) is 5.02 Å². The van der Waals surface area contributed by atoms with E-state index in [2.05, 4.69) is 6.07 Å². The summed E-state index contributed by atoms with van der Waals surface area (Å²) < 4.78 is 0. The van der Waals surface area contributed by atoms with E-state index < -0.39 is 0 Å². The van der Waals surface area contributed by atoms with Gasteiger partial charge >= 0.3 is 0 Å². The van der Waals surface area contributed by atoms with Gasteiger partial charge in [-0.15, -0.1) is 0 Å². The van der Waals surface area contributed by atoms with E-state index in [1.54, 1.807) is 18.2 Å². The molecule has 68 valence electrons. The fraction of sp³-hybridized carbons (Fsp3) is 0.300. The maximum absolute atomic E-state index is 8.81. The van der Waals surface area contributed by atoms with Crippen molar-refractivity contribution in [1.29, 1.82) is 5.26 Å². The van der Waals surface area contributed by atoms with Crippen molar-refractivity contribution in [3.05, 3.63) is 34.3 Å². The van der Waals surface area contributed by atoms with Crippen LogP contribution in [0.4, 0.5) is 0 Å².